The van der Waals surface area contributed by atoms with E-state index in [1.807, 2.05) is 34.8 Å². The van der Waals surface area contributed by atoms with Gasteiger partial charge in [-0.25, -0.2) is 9.97 Å². The van der Waals surface area contributed by atoms with Gasteiger partial charge in [-0.3, -0.25) is 9.48 Å². The average molecular weight is 427 g/mol. The van der Waals surface area contributed by atoms with Gasteiger partial charge < -0.3 is 19.4 Å². The SMILES string of the molecule is COCC[C@@H](Oc1nc(-c2cnn(C(C)(C)C)c2)cc2ncn(C)c12)C1CNC(=O)C1. The highest BCUT2D eigenvalue weighted by Gasteiger charge is 2.32. The van der Waals surface area contributed by atoms with Crippen LogP contribution in [0.3, 0.4) is 0 Å². The summed E-state index contributed by atoms with van der Waals surface area (Å²) in [7, 11) is 3.59. The van der Waals surface area contributed by atoms with Gasteiger partial charge in [0.25, 0.3) is 0 Å². The van der Waals surface area contributed by atoms with E-state index in [1.165, 1.54) is 0 Å². The Morgan fingerprint density at radius 1 is 1.35 bits per heavy atom. The predicted molar refractivity (Wildman–Crippen MR) is 117 cm³/mol. The van der Waals surface area contributed by atoms with Gasteiger partial charge >= 0.3 is 0 Å². The Labute approximate surface area is 181 Å². The van der Waals surface area contributed by atoms with Crippen molar-refractivity contribution in [1.29, 1.82) is 0 Å². The largest absolute Gasteiger partial charge is 0.472 e. The van der Waals surface area contributed by atoms with Crippen LogP contribution in [0.4, 0.5) is 0 Å². The third-order valence-electron chi connectivity index (χ3n) is 5.63. The molecule has 3 aromatic rings. The summed E-state index contributed by atoms with van der Waals surface area (Å²) >= 11 is 0. The number of carbonyl (C=O) groups is 1. The number of pyridine rings is 1. The molecule has 0 spiro atoms. The zero-order valence-electron chi connectivity index (χ0n) is 18.8. The fraction of sp³-hybridized carbons (Fsp3) is 0.545. The van der Waals surface area contributed by atoms with E-state index in [2.05, 4.69) is 36.2 Å². The van der Waals surface area contributed by atoms with Crippen molar-refractivity contribution in [3.63, 3.8) is 0 Å². The van der Waals surface area contributed by atoms with Gasteiger partial charge in [0.05, 0.1) is 29.3 Å². The molecule has 0 saturated carbocycles. The monoisotopic (exact) mass is 426 g/mol. The Bertz CT molecular complexity index is 1080. The summed E-state index contributed by atoms with van der Waals surface area (Å²) in [6, 6.07) is 1.96. The summed E-state index contributed by atoms with van der Waals surface area (Å²) in [4.78, 5) is 21.2. The number of fused-ring (bicyclic) bond motifs is 1. The van der Waals surface area contributed by atoms with Gasteiger partial charge in [-0.15, -0.1) is 0 Å². The Hall–Kier alpha value is -2.94. The summed E-state index contributed by atoms with van der Waals surface area (Å²) in [5.41, 5.74) is 3.16. The number of nitrogens with zero attached hydrogens (tertiary/aromatic N) is 5. The molecule has 0 bridgehead atoms. The predicted octanol–water partition coefficient (Wildman–Crippen LogP) is 2.51. The number of hydrogen-bond acceptors (Lipinski definition) is 6. The van der Waals surface area contributed by atoms with E-state index in [0.717, 1.165) is 22.3 Å². The summed E-state index contributed by atoms with van der Waals surface area (Å²) in [5, 5.41) is 7.40. The summed E-state index contributed by atoms with van der Waals surface area (Å²) in [6.45, 7) is 7.45. The molecule has 4 rings (SSSR count). The van der Waals surface area contributed by atoms with E-state index >= 15 is 0 Å². The van der Waals surface area contributed by atoms with E-state index in [0.29, 0.717) is 31.9 Å². The van der Waals surface area contributed by atoms with Crippen molar-refractivity contribution in [2.45, 2.75) is 45.3 Å². The van der Waals surface area contributed by atoms with Crippen LogP contribution in [0.5, 0.6) is 5.88 Å². The molecule has 31 heavy (non-hydrogen) atoms. The first-order chi connectivity index (χ1) is 14.8. The molecule has 9 heteroatoms. The van der Waals surface area contributed by atoms with Gasteiger partial charge in [0.2, 0.25) is 11.8 Å². The number of rotatable bonds is 7. The zero-order chi connectivity index (χ0) is 22.2. The molecule has 1 N–H and O–H groups in total. The molecule has 1 aliphatic rings. The second-order valence-electron chi connectivity index (χ2n) is 9.09. The summed E-state index contributed by atoms with van der Waals surface area (Å²) in [5.74, 6) is 0.634. The second kappa shape index (κ2) is 8.30. The second-order valence-corrected chi connectivity index (χ2v) is 9.09. The molecule has 0 aliphatic carbocycles. The third kappa shape index (κ3) is 4.41. The number of methoxy groups -OCH3 is 1. The lowest BCUT2D eigenvalue weighted by Gasteiger charge is -2.23. The number of aryl methyl sites for hydroxylation is 1. The number of ether oxygens (including phenoxy) is 2. The average Bonchev–Trinajstić information content (AvgIpc) is 3.45. The third-order valence-corrected chi connectivity index (χ3v) is 5.63. The lowest BCUT2D eigenvalue weighted by atomic mass is 9.99. The highest BCUT2D eigenvalue weighted by atomic mass is 16.5. The fourth-order valence-corrected chi connectivity index (χ4v) is 3.85. The Kier molecular flexibility index (Phi) is 5.70. The van der Waals surface area contributed by atoms with E-state index in [4.69, 9.17) is 14.5 Å². The number of nitrogens with one attached hydrogen (secondary N) is 1. The normalized spacial score (nSPS) is 17.8. The summed E-state index contributed by atoms with van der Waals surface area (Å²) < 4.78 is 15.6. The molecule has 1 aliphatic heterocycles. The van der Waals surface area contributed by atoms with Gasteiger partial charge in [0, 0.05) is 57.8 Å². The van der Waals surface area contributed by atoms with Crippen LogP contribution in [-0.4, -0.2) is 56.6 Å². The molecule has 1 fully saturated rings. The van der Waals surface area contributed by atoms with Crippen LogP contribution < -0.4 is 10.1 Å². The molecule has 4 heterocycles. The quantitative estimate of drug-likeness (QED) is 0.624. The van der Waals surface area contributed by atoms with Crippen LogP contribution in [-0.2, 0) is 22.1 Å². The van der Waals surface area contributed by atoms with Gasteiger partial charge in [-0.2, -0.15) is 5.10 Å². The molecule has 3 aromatic heterocycles. The van der Waals surface area contributed by atoms with Crippen LogP contribution in [0.25, 0.3) is 22.3 Å². The lowest BCUT2D eigenvalue weighted by molar-refractivity contribution is -0.119. The first kappa shape index (κ1) is 21.3. The maximum Gasteiger partial charge on any atom is 0.241 e. The minimum Gasteiger partial charge on any atom is -0.472 e. The van der Waals surface area contributed by atoms with E-state index in [9.17, 15) is 4.79 Å². The van der Waals surface area contributed by atoms with Crippen molar-refractivity contribution in [2.75, 3.05) is 20.3 Å². The van der Waals surface area contributed by atoms with Crippen molar-refractivity contribution in [3.05, 3.63) is 24.8 Å². The molecular weight excluding hydrogens is 396 g/mol. The first-order valence-corrected chi connectivity index (χ1v) is 10.6. The van der Waals surface area contributed by atoms with Crippen LogP contribution in [0, 0.1) is 5.92 Å². The molecule has 166 valence electrons. The molecule has 2 atom stereocenters. The highest BCUT2D eigenvalue weighted by molar-refractivity contribution is 5.84. The zero-order valence-corrected chi connectivity index (χ0v) is 18.8. The topological polar surface area (TPSA) is 96.1 Å². The fourth-order valence-electron chi connectivity index (χ4n) is 3.85. The highest BCUT2D eigenvalue weighted by Crippen LogP contribution is 2.31. The minimum atomic E-state index is -0.197. The van der Waals surface area contributed by atoms with Crippen LogP contribution >= 0.6 is 0 Å². The van der Waals surface area contributed by atoms with Crippen LogP contribution in [0.15, 0.2) is 24.8 Å². The van der Waals surface area contributed by atoms with Gasteiger partial charge in [0.1, 0.15) is 11.6 Å². The van der Waals surface area contributed by atoms with Crippen LogP contribution in [0.1, 0.15) is 33.6 Å². The van der Waals surface area contributed by atoms with Gasteiger partial charge in [0.15, 0.2) is 0 Å². The van der Waals surface area contributed by atoms with Gasteiger partial charge in [-0.1, -0.05) is 0 Å². The van der Waals surface area contributed by atoms with Crippen molar-refractivity contribution in [1.82, 2.24) is 29.6 Å². The lowest BCUT2D eigenvalue weighted by Crippen LogP contribution is -2.30. The maximum absolute atomic E-state index is 11.8. The Morgan fingerprint density at radius 3 is 2.81 bits per heavy atom. The maximum atomic E-state index is 11.8. The Balaban J connectivity index is 1.72. The van der Waals surface area contributed by atoms with Gasteiger partial charge in [-0.05, 0) is 26.8 Å². The van der Waals surface area contributed by atoms with E-state index in [1.54, 1.807) is 13.4 Å². The number of imidazole rings is 1. The van der Waals surface area contributed by atoms with Crippen LogP contribution in [0.2, 0.25) is 0 Å². The molecule has 1 amide bonds. The summed E-state index contributed by atoms with van der Waals surface area (Å²) in [6.07, 6.45) is 6.48. The number of carbonyl (C=O) groups excluding carboxylic acids is 1. The van der Waals surface area contributed by atoms with Crippen molar-refractivity contribution in [2.24, 2.45) is 13.0 Å². The minimum absolute atomic E-state index is 0.0537. The van der Waals surface area contributed by atoms with Crippen molar-refractivity contribution < 1.29 is 14.3 Å². The Morgan fingerprint density at radius 2 is 2.16 bits per heavy atom. The number of hydrogen-bond donors (Lipinski definition) is 1. The molecule has 0 aromatic carbocycles. The van der Waals surface area contributed by atoms with Crippen molar-refractivity contribution in [3.8, 4) is 17.1 Å². The molecule has 0 radical (unpaired) electrons. The van der Waals surface area contributed by atoms with E-state index in [-0.39, 0.29) is 23.5 Å². The molecular formula is C22H30N6O3. The molecule has 9 nitrogen and oxygen atoms in total. The van der Waals surface area contributed by atoms with E-state index < -0.39 is 0 Å². The van der Waals surface area contributed by atoms with Crippen molar-refractivity contribution >= 4 is 16.9 Å². The number of aromatic nitrogens is 5. The molecule has 1 saturated heterocycles. The first-order valence-electron chi connectivity index (χ1n) is 10.6. The standard InChI is InChI=1S/C22H30N6O3/c1-22(2,3)28-12-15(11-25-28)16-9-17-20(27(4)13-24-17)21(26-16)31-18(6-7-30-5)14-8-19(29)23-10-14/h9,11-14,18H,6-8,10H2,1-5H3,(H,23,29)/t14?,18-/m1/s1. The molecule has 1 unspecified atom stereocenters. The smallest absolute Gasteiger partial charge is 0.241 e. The number of amides is 1.